The summed E-state index contributed by atoms with van der Waals surface area (Å²) in [5.41, 5.74) is -1.74. The molecule has 0 radical (unpaired) electrons. The van der Waals surface area contributed by atoms with Crippen LogP contribution >= 0.6 is 0 Å². The molecule has 1 rings (SSSR count). The van der Waals surface area contributed by atoms with E-state index in [9.17, 15) is 9.90 Å². The van der Waals surface area contributed by atoms with Crippen LogP contribution in [0.3, 0.4) is 0 Å². The quantitative estimate of drug-likeness (QED) is 0.655. The minimum atomic E-state index is -1.21. The molecule has 1 aliphatic rings. The molecular weight excluding hydrogens is 218 g/mol. The first-order valence-electron chi connectivity index (χ1n) is 5.94. The summed E-state index contributed by atoms with van der Waals surface area (Å²) in [5, 5.41) is 10.1. The average Bonchev–Trinajstić information content (AvgIpc) is 2.39. The highest BCUT2D eigenvalue weighted by Crippen LogP contribution is 2.21. The fraction of sp³-hybridized carbons (Fsp3) is 0.769. The second kappa shape index (κ2) is 4.97. The minimum absolute atomic E-state index is 0.151. The number of likely N-dealkylation sites (tertiary alicyclic amines) is 1. The molecule has 1 amide bonds. The lowest BCUT2D eigenvalue weighted by atomic mass is 9.99. The summed E-state index contributed by atoms with van der Waals surface area (Å²) >= 11 is 0. The van der Waals surface area contributed by atoms with Crippen molar-refractivity contribution in [2.24, 2.45) is 0 Å². The largest absolute Gasteiger partial charge is 0.444 e. The van der Waals surface area contributed by atoms with Gasteiger partial charge in [0.15, 0.2) is 0 Å². The highest BCUT2D eigenvalue weighted by atomic mass is 16.6. The molecule has 0 aromatic carbocycles. The molecule has 0 aromatic heterocycles. The van der Waals surface area contributed by atoms with Crippen LogP contribution in [0.2, 0.25) is 0 Å². The van der Waals surface area contributed by atoms with Gasteiger partial charge >= 0.3 is 6.09 Å². The highest BCUT2D eigenvalue weighted by Gasteiger charge is 2.33. The zero-order valence-corrected chi connectivity index (χ0v) is 10.8. The van der Waals surface area contributed by atoms with Gasteiger partial charge in [-0.2, -0.15) is 0 Å². The van der Waals surface area contributed by atoms with E-state index in [-0.39, 0.29) is 6.54 Å². The summed E-state index contributed by atoms with van der Waals surface area (Å²) in [6.07, 6.45) is 7.10. The van der Waals surface area contributed by atoms with Gasteiger partial charge in [-0.05, 0) is 40.0 Å². The van der Waals surface area contributed by atoms with Crippen LogP contribution in [0.25, 0.3) is 0 Å². The molecule has 1 heterocycles. The second-order valence-corrected chi connectivity index (χ2v) is 5.53. The van der Waals surface area contributed by atoms with E-state index in [0.717, 1.165) is 12.8 Å². The first-order chi connectivity index (χ1) is 7.76. The van der Waals surface area contributed by atoms with E-state index in [1.807, 2.05) is 20.8 Å². The first-order valence-corrected chi connectivity index (χ1v) is 5.94. The number of carbonyl (C=O) groups is 1. The molecule has 1 fully saturated rings. The van der Waals surface area contributed by atoms with Crippen molar-refractivity contribution < 1.29 is 14.6 Å². The van der Waals surface area contributed by atoms with E-state index in [4.69, 9.17) is 11.2 Å². The summed E-state index contributed by atoms with van der Waals surface area (Å²) < 4.78 is 5.28. The Hall–Kier alpha value is -1.21. The first kappa shape index (κ1) is 13.9. The summed E-state index contributed by atoms with van der Waals surface area (Å²) in [6, 6.07) is 0. The van der Waals surface area contributed by atoms with Crippen LogP contribution in [-0.2, 0) is 4.74 Å². The van der Waals surface area contributed by atoms with Crippen LogP contribution < -0.4 is 0 Å². The topological polar surface area (TPSA) is 49.8 Å². The third-order valence-corrected chi connectivity index (χ3v) is 2.64. The smallest absolute Gasteiger partial charge is 0.410 e. The van der Waals surface area contributed by atoms with E-state index in [1.54, 1.807) is 0 Å². The van der Waals surface area contributed by atoms with Crippen LogP contribution in [0.15, 0.2) is 0 Å². The maximum absolute atomic E-state index is 11.9. The number of hydrogen-bond donors (Lipinski definition) is 1. The van der Waals surface area contributed by atoms with Crippen LogP contribution in [0.5, 0.6) is 0 Å². The summed E-state index contributed by atoms with van der Waals surface area (Å²) in [4.78, 5) is 13.4. The lowest BCUT2D eigenvalue weighted by molar-refractivity contribution is 0.00683. The van der Waals surface area contributed by atoms with Crippen LogP contribution in [0.1, 0.15) is 40.0 Å². The highest BCUT2D eigenvalue weighted by molar-refractivity contribution is 5.68. The van der Waals surface area contributed by atoms with Crippen molar-refractivity contribution in [1.82, 2.24) is 4.90 Å². The van der Waals surface area contributed by atoms with Gasteiger partial charge in [0.25, 0.3) is 0 Å². The van der Waals surface area contributed by atoms with Crippen molar-refractivity contribution in [2.45, 2.75) is 51.2 Å². The molecule has 96 valence electrons. The maximum atomic E-state index is 11.9. The van der Waals surface area contributed by atoms with Crippen molar-refractivity contribution in [3.8, 4) is 12.3 Å². The summed E-state index contributed by atoms with van der Waals surface area (Å²) in [7, 11) is 0. The number of β-amino-alcohol motifs (C(OH)–C–C–N with tert-alkyl or cyclic N) is 1. The van der Waals surface area contributed by atoms with Gasteiger partial charge in [0.1, 0.15) is 11.2 Å². The molecule has 1 saturated heterocycles. The molecule has 0 aliphatic carbocycles. The Bertz CT molecular complexity index is 327. The molecule has 0 aromatic rings. The van der Waals surface area contributed by atoms with Gasteiger partial charge < -0.3 is 14.7 Å². The Labute approximate surface area is 103 Å². The predicted octanol–water partition coefficient (Wildman–Crippen LogP) is 1.77. The number of ether oxygens (including phenoxy) is 1. The minimum Gasteiger partial charge on any atom is -0.444 e. The zero-order valence-electron chi connectivity index (χ0n) is 10.8. The van der Waals surface area contributed by atoms with E-state index < -0.39 is 17.3 Å². The fourth-order valence-corrected chi connectivity index (χ4v) is 1.79. The fourth-order valence-electron chi connectivity index (χ4n) is 1.79. The van der Waals surface area contributed by atoms with Gasteiger partial charge in [-0.15, -0.1) is 6.42 Å². The Balaban J connectivity index is 2.70. The van der Waals surface area contributed by atoms with Gasteiger partial charge in [0, 0.05) is 6.54 Å². The van der Waals surface area contributed by atoms with Crippen molar-refractivity contribution in [3.63, 3.8) is 0 Å². The van der Waals surface area contributed by atoms with E-state index in [1.165, 1.54) is 4.90 Å². The number of rotatable bonds is 0. The SMILES string of the molecule is C#CC1(O)CCCCN(C(=O)OC(C)(C)C)C1. The van der Waals surface area contributed by atoms with Crippen molar-refractivity contribution >= 4 is 6.09 Å². The van der Waals surface area contributed by atoms with Gasteiger partial charge in [-0.25, -0.2) is 4.79 Å². The third-order valence-electron chi connectivity index (χ3n) is 2.64. The zero-order chi connectivity index (χ0) is 13.1. The molecule has 1 atom stereocenters. The van der Waals surface area contributed by atoms with Crippen molar-refractivity contribution in [1.29, 1.82) is 0 Å². The predicted molar refractivity (Wildman–Crippen MR) is 65.4 cm³/mol. The molecule has 0 bridgehead atoms. The van der Waals surface area contributed by atoms with Crippen LogP contribution in [-0.4, -0.2) is 40.4 Å². The number of hydrogen-bond acceptors (Lipinski definition) is 3. The standard InChI is InChI=1S/C13H21NO3/c1-5-13(16)8-6-7-9-14(10-13)11(15)17-12(2,3)4/h1,16H,6-10H2,2-4H3. The van der Waals surface area contributed by atoms with Gasteiger partial charge in [0.2, 0.25) is 0 Å². The lowest BCUT2D eigenvalue weighted by Gasteiger charge is -2.30. The maximum Gasteiger partial charge on any atom is 0.410 e. The number of terminal acetylenes is 1. The molecule has 1 aliphatic heterocycles. The van der Waals surface area contributed by atoms with Crippen molar-refractivity contribution in [2.75, 3.05) is 13.1 Å². The van der Waals surface area contributed by atoms with Gasteiger partial charge in [0.05, 0.1) is 6.54 Å². The average molecular weight is 239 g/mol. The molecule has 4 nitrogen and oxygen atoms in total. The summed E-state index contributed by atoms with van der Waals surface area (Å²) in [5.74, 6) is 2.37. The Kier molecular flexibility index (Phi) is 4.05. The third kappa shape index (κ3) is 4.27. The molecule has 0 saturated carbocycles. The molecule has 1 N–H and O–H groups in total. The van der Waals surface area contributed by atoms with Crippen LogP contribution in [0, 0.1) is 12.3 Å². The van der Waals surface area contributed by atoms with Gasteiger partial charge in [-0.3, -0.25) is 0 Å². The number of amides is 1. The normalized spacial score (nSPS) is 25.9. The molecule has 4 heteroatoms. The Morgan fingerprint density at radius 1 is 1.47 bits per heavy atom. The van der Waals surface area contributed by atoms with Crippen LogP contribution in [0.4, 0.5) is 4.79 Å². The van der Waals surface area contributed by atoms with Gasteiger partial charge in [-0.1, -0.05) is 5.92 Å². The molecule has 17 heavy (non-hydrogen) atoms. The Morgan fingerprint density at radius 2 is 2.12 bits per heavy atom. The molecular formula is C13H21NO3. The number of carbonyl (C=O) groups excluding carboxylic acids is 1. The second-order valence-electron chi connectivity index (χ2n) is 5.53. The van der Waals surface area contributed by atoms with Crippen molar-refractivity contribution in [3.05, 3.63) is 0 Å². The molecule has 0 spiro atoms. The monoisotopic (exact) mass is 239 g/mol. The number of aliphatic hydroxyl groups is 1. The lowest BCUT2D eigenvalue weighted by Crippen LogP contribution is -2.45. The Morgan fingerprint density at radius 3 is 2.65 bits per heavy atom. The summed E-state index contributed by atoms with van der Waals surface area (Å²) in [6.45, 7) is 6.18. The van der Waals surface area contributed by atoms with E-state index in [2.05, 4.69) is 5.92 Å². The number of nitrogens with zero attached hydrogens (tertiary/aromatic N) is 1. The van der Waals surface area contributed by atoms with E-state index in [0.29, 0.717) is 13.0 Å². The van der Waals surface area contributed by atoms with E-state index >= 15 is 0 Å². The molecule has 1 unspecified atom stereocenters.